The third-order valence-electron chi connectivity index (χ3n) is 1.66. The lowest BCUT2D eigenvalue weighted by atomic mass is 10.1. The van der Waals surface area contributed by atoms with E-state index in [1.54, 1.807) is 0 Å². The van der Waals surface area contributed by atoms with Crippen LogP contribution in [0.2, 0.25) is 0 Å². The average Bonchev–Trinajstić information content (AvgIpc) is 2.05. The number of allylic oxidation sites excluding steroid dienone is 3. The lowest BCUT2D eigenvalue weighted by Gasteiger charge is -2.18. The number of nitrogens with zero attached hydrogens (tertiary/aromatic N) is 1. The second-order valence-electron chi connectivity index (χ2n) is 2.36. The van der Waals surface area contributed by atoms with Gasteiger partial charge in [-0.1, -0.05) is 18.2 Å². The molecule has 1 aliphatic heterocycles. The van der Waals surface area contributed by atoms with Crippen molar-refractivity contribution in [1.82, 2.24) is 10.6 Å². The number of nitrogens with one attached hydrogen (secondary N) is 1. The van der Waals surface area contributed by atoms with Crippen molar-refractivity contribution >= 4 is 0 Å². The molecule has 0 saturated heterocycles. The highest BCUT2D eigenvalue weighted by Crippen LogP contribution is 2.16. The Morgan fingerprint density at radius 3 is 3.40 bits per heavy atom. The summed E-state index contributed by atoms with van der Waals surface area (Å²) in [5, 5.41) is 7.29. The van der Waals surface area contributed by atoms with Crippen molar-refractivity contribution in [2.75, 3.05) is 6.67 Å². The lowest BCUT2D eigenvalue weighted by Crippen LogP contribution is -2.27. The summed E-state index contributed by atoms with van der Waals surface area (Å²) >= 11 is 0. The van der Waals surface area contributed by atoms with E-state index in [9.17, 15) is 0 Å². The average molecular weight is 133 g/mol. The summed E-state index contributed by atoms with van der Waals surface area (Å²) in [4.78, 5) is 0. The van der Waals surface area contributed by atoms with Gasteiger partial charge in [0.05, 0.1) is 0 Å². The first-order chi connectivity index (χ1) is 4.97. The maximum atomic E-state index is 4.10. The number of hydrogen-bond acceptors (Lipinski definition) is 1. The Morgan fingerprint density at radius 2 is 2.50 bits per heavy atom. The normalized spacial score (nSPS) is 21.6. The van der Waals surface area contributed by atoms with Gasteiger partial charge in [-0.05, 0) is 6.42 Å². The van der Waals surface area contributed by atoms with Crippen LogP contribution in [0.25, 0.3) is 0 Å². The molecule has 51 valence electrons. The Labute approximate surface area is 60.3 Å². The molecule has 10 heavy (non-hydrogen) atoms. The number of rotatable bonds is 0. The van der Waals surface area contributed by atoms with E-state index in [2.05, 4.69) is 28.9 Å². The summed E-state index contributed by atoms with van der Waals surface area (Å²) in [7, 11) is 0. The molecule has 0 spiro atoms. The van der Waals surface area contributed by atoms with Crippen LogP contribution in [0, 0.1) is 0 Å². The fraction of sp³-hybridized carbons (Fsp3) is 0.250. The predicted octanol–water partition coefficient (Wildman–Crippen LogP) is 0.879. The van der Waals surface area contributed by atoms with Crippen LogP contribution >= 0.6 is 0 Å². The molecule has 0 unspecified atom stereocenters. The SMILES string of the molecule is C1=CC2=C[N]CNC2=CC1. The molecule has 1 heterocycles. The van der Waals surface area contributed by atoms with Gasteiger partial charge in [-0.25, -0.2) is 0 Å². The van der Waals surface area contributed by atoms with Crippen LogP contribution in [0.15, 0.2) is 35.7 Å². The molecule has 0 amide bonds. The predicted molar refractivity (Wildman–Crippen MR) is 40.1 cm³/mol. The molecule has 0 aromatic rings. The molecule has 1 radical (unpaired) electrons. The van der Waals surface area contributed by atoms with E-state index in [0.717, 1.165) is 13.1 Å². The Bertz CT molecular complexity index is 223. The van der Waals surface area contributed by atoms with Crippen molar-refractivity contribution in [2.45, 2.75) is 6.42 Å². The maximum Gasteiger partial charge on any atom is 0.107 e. The molecule has 0 fully saturated rings. The fourth-order valence-corrected chi connectivity index (χ4v) is 1.15. The summed E-state index contributed by atoms with van der Waals surface area (Å²) in [5.41, 5.74) is 2.44. The van der Waals surface area contributed by atoms with Gasteiger partial charge in [-0.3, -0.25) is 5.32 Å². The highest BCUT2D eigenvalue weighted by atomic mass is 15.1. The van der Waals surface area contributed by atoms with Crippen LogP contribution in [0.1, 0.15) is 6.42 Å². The first-order valence-corrected chi connectivity index (χ1v) is 3.44. The molecule has 0 aromatic carbocycles. The summed E-state index contributed by atoms with van der Waals surface area (Å²) in [6.45, 7) is 0.725. The lowest BCUT2D eigenvalue weighted by molar-refractivity contribution is 0.697. The minimum absolute atomic E-state index is 0.725. The fourth-order valence-electron chi connectivity index (χ4n) is 1.15. The van der Waals surface area contributed by atoms with E-state index < -0.39 is 0 Å². The van der Waals surface area contributed by atoms with Crippen molar-refractivity contribution < 1.29 is 0 Å². The Kier molecular flexibility index (Phi) is 1.24. The van der Waals surface area contributed by atoms with E-state index >= 15 is 0 Å². The Hall–Kier alpha value is -1.18. The summed E-state index contributed by atoms with van der Waals surface area (Å²) < 4.78 is 0. The van der Waals surface area contributed by atoms with E-state index in [0.29, 0.717) is 0 Å². The van der Waals surface area contributed by atoms with Crippen LogP contribution in [0.4, 0.5) is 0 Å². The molecule has 0 atom stereocenters. The highest BCUT2D eigenvalue weighted by molar-refractivity contribution is 5.42. The molecule has 0 saturated carbocycles. The van der Waals surface area contributed by atoms with Crippen LogP contribution in [0.5, 0.6) is 0 Å². The van der Waals surface area contributed by atoms with Crippen molar-refractivity contribution in [1.29, 1.82) is 0 Å². The second-order valence-corrected chi connectivity index (χ2v) is 2.36. The first kappa shape index (κ1) is 5.59. The van der Waals surface area contributed by atoms with Crippen LogP contribution in [0.3, 0.4) is 0 Å². The van der Waals surface area contributed by atoms with Gasteiger partial charge >= 0.3 is 0 Å². The first-order valence-electron chi connectivity index (χ1n) is 3.44. The Balaban J connectivity index is 2.32. The monoisotopic (exact) mass is 133 g/mol. The van der Waals surface area contributed by atoms with Crippen molar-refractivity contribution in [2.24, 2.45) is 0 Å². The molecular weight excluding hydrogens is 124 g/mol. The van der Waals surface area contributed by atoms with Gasteiger partial charge in [-0.15, -0.1) is 0 Å². The standard InChI is InChI=1S/C8H9N2/c1-2-4-8-7(3-1)5-9-6-10-8/h1,3-5,10H,2,6H2. The topological polar surface area (TPSA) is 26.1 Å². The van der Waals surface area contributed by atoms with E-state index in [1.165, 1.54) is 11.3 Å². The molecule has 0 bridgehead atoms. The largest absolute Gasteiger partial charge is 0.366 e. The van der Waals surface area contributed by atoms with E-state index in [1.807, 2.05) is 6.20 Å². The molecule has 2 rings (SSSR count). The number of fused-ring (bicyclic) bond motifs is 1. The van der Waals surface area contributed by atoms with E-state index in [4.69, 9.17) is 0 Å². The van der Waals surface area contributed by atoms with Crippen LogP contribution < -0.4 is 10.6 Å². The highest BCUT2D eigenvalue weighted by Gasteiger charge is 2.07. The third-order valence-corrected chi connectivity index (χ3v) is 1.66. The van der Waals surface area contributed by atoms with Gasteiger partial charge in [0.25, 0.3) is 0 Å². The molecule has 2 heteroatoms. The van der Waals surface area contributed by atoms with Gasteiger partial charge in [0.15, 0.2) is 0 Å². The van der Waals surface area contributed by atoms with Gasteiger partial charge in [0.2, 0.25) is 0 Å². The van der Waals surface area contributed by atoms with Gasteiger partial charge in [0, 0.05) is 17.5 Å². The van der Waals surface area contributed by atoms with Crippen LogP contribution in [-0.4, -0.2) is 6.67 Å². The summed E-state index contributed by atoms with van der Waals surface area (Å²) in [6.07, 6.45) is 9.38. The van der Waals surface area contributed by atoms with Gasteiger partial charge < -0.3 is 5.32 Å². The summed E-state index contributed by atoms with van der Waals surface area (Å²) in [5.74, 6) is 0. The molecule has 2 nitrogen and oxygen atoms in total. The molecular formula is C8H9N2. The van der Waals surface area contributed by atoms with Gasteiger partial charge in [0.1, 0.15) is 6.67 Å². The zero-order valence-electron chi connectivity index (χ0n) is 5.67. The third kappa shape index (κ3) is 0.817. The Morgan fingerprint density at radius 1 is 1.50 bits per heavy atom. The number of hydrogen-bond donors (Lipinski definition) is 1. The molecule has 2 aliphatic rings. The molecule has 0 aromatic heterocycles. The van der Waals surface area contributed by atoms with E-state index in [-0.39, 0.29) is 0 Å². The quantitative estimate of drug-likeness (QED) is 0.521. The molecule has 1 N–H and O–H groups in total. The minimum Gasteiger partial charge on any atom is -0.366 e. The van der Waals surface area contributed by atoms with Gasteiger partial charge in [-0.2, -0.15) is 0 Å². The second kappa shape index (κ2) is 2.21. The van der Waals surface area contributed by atoms with Crippen molar-refractivity contribution in [3.8, 4) is 0 Å². The zero-order chi connectivity index (χ0) is 6.81. The smallest absolute Gasteiger partial charge is 0.107 e. The zero-order valence-corrected chi connectivity index (χ0v) is 5.67. The summed E-state index contributed by atoms with van der Waals surface area (Å²) in [6, 6.07) is 0. The molecule has 1 aliphatic carbocycles. The van der Waals surface area contributed by atoms with Crippen LogP contribution in [-0.2, 0) is 0 Å². The van der Waals surface area contributed by atoms with Crippen molar-refractivity contribution in [3.63, 3.8) is 0 Å². The van der Waals surface area contributed by atoms with Crippen molar-refractivity contribution in [3.05, 3.63) is 35.7 Å². The minimum atomic E-state index is 0.725. The maximum absolute atomic E-state index is 4.10.